The van der Waals surface area contributed by atoms with E-state index in [1.165, 1.54) is 18.6 Å². The third-order valence-electron chi connectivity index (χ3n) is 3.87. The van der Waals surface area contributed by atoms with Gasteiger partial charge >= 0.3 is 0 Å². The Morgan fingerprint density at radius 3 is 2.46 bits per heavy atom. The molecule has 0 saturated heterocycles. The molecule has 0 heterocycles. The van der Waals surface area contributed by atoms with Crippen LogP contribution in [0.15, 0.2) is 47.4 Å². The SMILES string of the molecule is CCCCCCOc1ccc(C(=O)NNS(=O)(=O)c2ccc(F)cc2Cl)cc1. The number of benzene rings is 2. The van der Waals surface area contributed by atoms with Gasteiger partial charge in [0.2, 0.25) is 0 Å². The lowest BCUT2D eigenvalue weighted by atomic mass is 10.2. The highest BCUT2D eigenvalue weighted by Gasteiger charge is 2.19. The van der Waals surface area contributed by atoms with Crippen LogP contribution in [0.2, 0.25) is 5.02 Å². The van der Waals surface area contributed by atoms with E-state index in [4.69, 9.17) is 16.3 Å². The fourth-order valence-corrected chi connectivity index (χ4v) is 3.73. The molecule has 2 aromatic carbocycles. The summed E-state index contributed by atoms with van der Waals surface area (Å²) in [6.45, 7) is 2.74. The Labute approximate surface area is 169 Å². The zero-order valence-electron chi connectivity index (χ0n) is 15.4. The highest BCUT2D eigenvalue weighted by Crippen LogP contribution is 2.21. The van der Waals surface area contributed by atoms with Crippen LogP contribution in [0.3, 0.4) is 0 Å². The lowest BCUT2D eigenvalue weighted by molar-refractivity contribution is 0.0945. The number of halogens is 2. The largest absolute Gasteiger partial charge is 0.494 e. The fourth-order valence-electron chi connectivity index (χ4n) is 2.36. The van der Waals surface area contributed by atoms with Gasteiger partial charge in [-0.15, -0.1) is 4.83 Å². The molecule has 0 aromatic heterocycles. The van der Waals surface area contributed by atoms with Crippen LogP contribution >= 0.6 is 11.6 Å². The number of rotatable bonds is 10. The maximum absolute atomic E-state index is 13.1. The molecular formula is C19H22ClFN2O4S. The Hall–Kier alpha value is -2.16. The lowest BCUT2D eigenvalue weighted by Gasteiger charge is -2.10. The van der Waals surface area contributed by atoms with Crippen LogP contribution in [-0.4, -0.2) is 20.9 Å². The summed E-state index contributed by atoms with van der Waals surface area (Å²) in [6, 6.07) is 9.17. The van der Waals surface area contributed by atoms with Crippen molar-refractivity contribution in [2.75, 3.05) is 6.61 Å². The molecule has 28 heavy (non-hydrogen) atoms. The molecule has 6 nitrogen and oxygen atoms in total. The standard InChI is InChI=1S/C19H22ClFN2O4S/c1-2-3-4-5-12-27-16-9-6-14(7-10-16)19(24)22-23-28(25,26)18-11-8-15(21)13-17(18)20/h6-11,13,23H,2-5,12H2,1H3,(H,22,24). The first-order valence-electron chi connectivity index (χ1n) is 8.83. The second-order valence-electron chi connectivity index (χ2n) is 6.07. The van der Waals surface area contributed by atoms with Gasteiger partial charge in [0.15, 0.2) is 0 Å². The Bertz CT molecular complexity index is 905. The van der Waals surface area contributed by atoms with Gasteiger partial charge in [0.25, 0.3) is 15.9 Å². The summed E-state index contributed by atoms with van der Waals surface area (Å²) in [4.78, 5) is 13.7. The molecule has 2 aromatic rings. The molecule has 2 rings (SSSR count). The summed E-state index contributed by atoms with van der Waals surface area (Å²) in [6.07, 6.45) is 4.39. The van der Waals surface area contributed by atoms with Gasteiger partial charge in [-0.25, -0.2) is 12.8 Å². The minimum Gasteiger partial charge on any atom is -0.494 e. The van der Waals surface area contributed by atoms with Crippen LogP contribution in [0.5, 0.6) is 5.75 Å². The number of hydrogen-bond donors (Lipinski definition) is 2. The number of carbonyl (C=O) groups excluding carboxylic acids is 1. The van der Waals surface area contributed by atoms with Crippen LogP contribution in [0.1, 0.15) is 43.0 Å². The van der Waals surface area contributed by atoms with E-state index in [0.29, 0.717) is 12.4 Å². The molecule has 0 fully saturated rings. The highest BCUT2D eigenvalue weighted by atomic mass is 35.5. The van der Waals surface area contributed by atoms with Gasteiger partial charge in [-0.2, -0.15) is 0 Å². The smallest absolute Gasteiger partial charge is 0.266 e. The summed E-state index contributed by atoms with van der Waals surface area (Å²) < 4.78 is 43.0. The summed E-state index contributed by atoms with van der Waals surface area (Å²) in [5.74, 6) is -0.691. The summed E-state index contributed by atoms with van der Waals surface area (Å²) >= 11 is 5.75. The zero-order chi connectivity index (χ0) is 20.6. The van der Waals surface area contributed by atoms with Crippen molar-refractivity contribution in [3.63, 3.8) is 0 Å². The minimum absolute atomic E-state index is 0.242. The van der Waals surface area contributed by atoms with E-state index in [0.717, 1.165) is 37.5 Å². The molecule has 1 amide bonds. The minimum atomic E-state index is -4.14. The third-order valence-corrected chi connectivity index (χ3v) is 5.60. The molecular weight excluding hydrogens is 407 g/mol. The fraction of sp³-hybridized carbons (Fsp3) is 0.316. The second kappa shape index (κ2) is 10.4. The molecule has 0 unspecified atom stereocenters. The van der Waals surface area contributed by atoms with Crippen molar-refractivity contribution in [3.05, 3.63) is 58.9 Å². The first kappa shape index (κ1) is 22.1. The maximum atomic E-state index is 13.1. The van der Waals surface area contributed by atoms with E-state index in [9.17, 15) is 17.6 Å². The van der Waals surface area contributed by atoms with Gasteiger partial charge in [0.05, 0.1) is 11.6 Å². The van der Waals surface area contributed by atoms with Gasteiger partial charge in [-0.3, -0.25) is 10.2 Å². The summed E-state index contributed by atoms with van der Waals surface area (Å²) in [7, 11) is -4.14. The molecule has 0 atom stereocenters. The van der Waals surface area contributed by atoms with Crippen molar-refractivity contribution in [1.29, 1.82) is 0 Å². The van der Waals surface area contributed by atoms with Crippen LogP contribution < -0.4 is 15.0 Å². The topological polar surface area (TPSA) is 84.5 Å². The lowest BCUT2D eigenvalue weighted by Crippen LogP contribution is -2.41. The number of hydrazine groups is 1. The first-order valence-corrected chi connectivity index (χ1v) is 10.7. The van der Waals surface area contributed by atoms with Crippen LogP contribution in [0, 0.1) is 5.82 Å². The zero-order valence-corrected chi connectivity index (χ0v) is 16.9. The monoisotopic (exact) mass is 428 g/mol. The van der Waals surface area contributed by atoms with Crippen molar-refractivity contribution >= 4 is 27.5 Å². The number of unbranched alkanes of at least 4 members (excludes halogenated alkanes) is 3. The molecule has 0 saturated carbocycles. The number of nitrogens with one attached hydrogen (secondary N) is 2. The van der Waals surface area contributed by atoms with Crippen molar-refractivity contribution in [3.8, 4) is 5.75 Å². The third kappa shape index (κ3) is 6.47. The van der Waals surface area contributed by atoms with E-state index < -0.39 is 21.7 Å². The predicted molar refractivity (Wildman–Crippen MR) is 105 cm³/mol. The van der Waals surface area contributed by atoms with Crippen LogP contribution in [0.25, 0.3) is 0 Å². The Balaban J connectivity index is 1.90. The van der Waals surface area contributed by atoms with Crippen LogP contribution in [0.4, 0.5) is 4.39 Å². The highest BCUT2D eigenvalue weighted by molar-refractivity contribution is 7.89. The van der Waals surface area contributed by atoms with E-state index in [1.54, 1.807) is 12.1 Å². The molecule has 2 N–H and O–H groups in total. The van der Waals surface area contributed by atoms with Crippen molar-refractivity contribution in [2.45, 2.75) is 37.5 Å². The van der Waals surface area contributed by atoms with Crippen molar-refractivity contribution in [2.24, 2.45) is 0 Å². The van der Waals surface area contributed by atoms with E-state index >= 15 is 0 Å². The van der Waals surface area contributed by atoms with Crippen LogP contribution in [-0.2, 0) is 10.0 Å². The first-order chi connectivity index (χ1) is 13.3. The average molecular weight is 429 g/mol. The molecule has 0 aliphatic rings. The Kier molecular flexibility index (Phi) is 8.22. The number of ether oxygens (including phenoxy) is 1. The van der Waals surface area contributed by atoms with Crippen molar-refractivity contribution in [1.82, 2.24) is 10.3 Å². The molecule has 0 bridgehead atoms. The molecule has 9 heteroatoms. The Morgan fingerprint density at radius 2 is 1.82 bits per heavy atom. The molecule has 152 valence electrons. The predicted octanol–water partition coefficient (Wildman–Crippen LogP) is 4.06. The number of carbonyl (C=O) groups is 1. The summed E-state index contributed by atoms with van der Waals surface area (Å²) in [5, 5.41) is -0.290. The van der Waals surface area contributed by atoms with E-state index in [2.05, 4.69) is 12.3 Å². The quantitative estimate of drug-likeness (QED) is 0.441. The van der Waals surface area contributed by atoms with E-state index in [-0.39, 0.29) is 15.5 Å². The molecule has 0 spiro atoms. The van der Waals surface area contributed by atoms with Gasteiger partial charge in [0, 0.05) is 5.56 Å². The summed E-state index contributed by atoms with van der Waals surface area (Å²) in [5.41, 5.74) is 2.34. The van der Waals surface area contributed by atoms with Gasteiger partial charge in [-0.1, -0.05) is 37.8 Å². The van der Waals surface area contributed by atoms with Gasteiger partial charge in [-0.05, 0) is 48.9 Å². The average Bonchev–Trinajstić information content (AvgIpc) is 2.66. The Morgan fingerprint density at radius 1 is 1.11 bits per heavy atom. The maximum Gasteiger partial charge on any atom is 0.266 e. The molecule has 0 radical (unpaired) electrons. The number of hydrogen-bond acceptors (Lipinski definition) is 4. The molecule has 0 aliphatic heterocycles. The van der Waals surface area contributed by atoms with E-state index in [1.807, 2.05) is 4.83 Å². The van der Waals surface area contributed by atoms with Crippen molar-refractivity contribution < 1.29 is 22.3 Å². The number of amides is 1. The molecule has 0 aliphatic carbocycles. The second-order valence-corrected chi connectivity index (χ2v) is 8.13. The van der Waals surface area contributed by atoms with Gasteiger partial charge in [0.1, 0.15) is 16.5 Å². The normalized spacial score (nSPS) is 11.2. The number of sulfonamides is 1. The van der Waals surface area contributed by atoms with Gasteiger partial charge < -0.3 is 4.74 Å².